The Labute approximate surface area is 150 Å². The molecule has 2 aliphatic heterocycles. The Hall–Kier alpha value is -1.80. The average molecular weight is 365 g/mol. The van der Waals surface area contributed by atoms with E-state index in [1.807, 2.05) is 0 Å². The SMILES string of the molecule is Fc1cc(Cl)ccc1Oc1cnc(C2CN(N3CCOCC3)C2)cn1. The van der Waals surface area contributed by atoms with Crippen LogP contribution in [-0.4, -0.2) is 59.4 Å². The lowest BCUT2D eigenvalue weighted by Gasteiger charge is -2.46. The van der Waals surface area contributed by atoms with Gasteiger partial charge in [-0.3, -0.25) is 4.98 Å². The summed E-state index contributed by atoms with van der Waals surface area (Å²) in [7, 11) is 0. The highest BCUT2D eigenvalue weighted by atomic mass is 35.5. The van der Waals surface area contributed by atoms with Gasteiger partial charge in [0, 0.05) is 37.1 Å². The fourth-order valence-electron chi connectivity index (χ4n) is 2.97. The normalized spacial score (nSPS) is 19.6. The maximum atomic E-state index is 13.8. The first-order valence-electron chi connectivity index (χ1n) is 8.21. The van der Waals surface area contributed by atoms with Gasteiger partial charge < -0.3 is 9.47 Å². The van der Waals surface area contributed by atoms with Crippen LogP contribution in [0.25, 0.3) is 0 Å². The smallest absolute Gasteiger partial charge is 0.237 e. The number of ether oxygens (including phenoxy) is 2. The van der Waals surface area contributed by atoms with Gasteiger partial charge in [0.15, 0.2) is 11.6 Å². The zero-order valence-corrected chi connectivity index (χ0v) is 14.3. The minimum absolute atomic E-state index is 0.0774. The molecule has 0 spiro atoms. The zero-order chi connectivity index (χ0) is 17.2. The van der Waals surface area contributed by atoms with Gasteiger partial charge in [-0.15, -0.1) is 0 Å². The molecule has 0 atom stereocenters. The first-order valence-corrected chi connectivity index (χ1v) is 8.59. The number of rotatable bonds is 4. The van der Waals surface area contributed by atoms with Gasteiger partial charge in [0.25, 0.3) is 0 Å². The van der Waals surface area contributed by atoms with Gasteiger partial charge in [-0.1, -0.05) is 11.6 Å². The van der Waals surface area contributed by atoms with E-state index in [0.717, 1.165) is 45.1 Å². The van der Waals surface area contributed by atoms with Gasteiger partial charge in [0.2, 0.25) is 5.88 Å². The minimum Gasteiger partial charge on any atom is -0.434 e. The summed E-state index contributed by atoms with van der Waals surface area (Å²) in [4.78, 5) is 8.66. The number of morpholine rings is 1. The number of halogens is 2. The Morgan fingerprint density at radius 1 is 1.12 bits per heavy atom. The number of hydrazine groups is 1. The minimum atomic E-state index is -0.529. The predicted molar refractivity (Wildman–Crippen MR) is 90.2 cm³/mol. The van der Waals surface area contributed by atoms with Gasteiger partial charge >= 0.3 is 0 Å². The largest absolute Gasteiger partial charge is 0.434 e. The van der Waals surface area contributed by atoms with Crippen LogP contribution in [-0.2, 0) is 4.74 Å². The van der Waals surface area contributed by atoms with Crippen molar-refractivity contribution in [2.24, 2.45) is 0 Å². The highest BCUT2D eigenvalue weighted by molar-refractivity contribution is 6.30. The van der Waals surface area contributed by atoms with E-state index in [9.17, 15) is 4.39 Å². The van der Waals surface area contributed by atoms with Gasteiger partial charge in [-0.25, -0.2) is 19.4 Å². The lowest BCUT2D eigenvalue weighted by molar-refractivity contribution is -0.130. The Morgan fingerprint density at radius 3 is 2.60 bits per heavy atom. The van der Waals surface area contributed by atoms with Gasteiger partial charge in [-0.05, 0) is 18.2 Å². The fraction of sp³-hybridized carbons (Fsp3) is 0.412. The molecule has 0 aliphatic carbocycles. The molecule has 8 heteroatoms. The molecule has 0 saturated carbocycles. The second-order valence-corrected chi connectivity index (χ2v) is 6.53. The Morgan fingerprint density at radius 2 is 1.92 bits per heavy atom. The predicted octanol–water partition coefficient (Wildman–Crippen LogP) is 2.71. The Kier molecular flexibility index (Phi) is 4.80. The fourth-order valence-corrected chi connectivity index (χ4v) is 3.13. The van der Waals surface area contributed by atoms with Crippen molar-refractivity contribution in [2.75, 3.05) is 39.4 Å². The maximum absolute atomic E-state index is 13.8. The maximum Gasteiger partial charge on any atom is 0.237 e. The molecule has 132 valence electrons. The molecule has 25 heavy (non-hydrogen) atoms. The molecule has 3 heterocycles. The van der Waals surface area contributed by atoms with Crippen LogP contribution in [0.15, 0.2) is 30.6 Å². The molecule has 6 nitrogen and oxygen atoms in total. The van der Waals surface area contributed by atoms with E-state index in [1.54, 1.807) is 12.3 Å². The first-order chi connectivity index (χ1) is 12.2. The van der Waals surface area contributed by atoms with Gasteiger partial charge in [-0.2, -0.15) is 0 Å². The number of hydrogen-bond donors (Lipinski definition) is 0. The van der Waals surface area contributed by atoms with E-state index < -0.39 is 5.82 Å². The van der Waals surface area contributed by atoms with Crippen LogP contribution in [0.2, 0.25) is 5.02 Å². The van der Waals surface area contributed by atoms with E-state index in [-0.39, 0.29) is 11.6 Å². The molecule has 4 rings (SSSR count). The third-order valence-corrected chi connectivity index (χ3v) is 4.66. The molecular formula is C17H18ClFN4O2. The van der Waals surface area contributed by atoms with Crippen molar-refractivity contribution in [3.63, 3.8) is 0 Å². The summed E-state index contributed by atoms with van der Waals surface area (Å²) >= 11 is 5.73. The standard InChI is InChI=1S/C17H18ClFN4O2/c18-13-1-2-16(14(19)7-13)25-17-9-20-15(8-21-17)12-10-23(11-12)22-3-5-24-6-4-22/h1-2,7-9,12H,3-6,10-11H2. The molecule has 2 aromatic rings. The molecule has 0 bridgehead atoms. The molecule has 0 amide bonds. The molecule has 2 saturated heterocycles. The first kappa shape index (κ1) is 16.7. The molecule has 1 aromatic heterocycles. The van der Waals surface area contributed by atoms with Crippen LogP contribution in [0.1, 0.15) is 11.6 Å². The van der Waals surface area contributed by atoms with E-state index in [1.165, 1.54) is 18.3 Å². The molecule has 0 N–H and O–H groups in total. The molecule has 2 aliphatic rings. The molecule has 2 fully saturated rings. The number of benzene rings is 1. The average Bonchev–Trinajstić information content (AvgIpc) is 2.58. The lowest BCUT2D eigenvalue weighted by Crippen LogP contribution is -2.58. The Bertz CT molecular complexity index is 734. The summed E-state index contributed by atoms with van der Waals surface area (Å²) in [5.74, 6) is 0.165. The summed E-state index contributed by atoms with van der Waals surface area (Å²) in [5.41, 5.74) is 0.924. The third-order valence-electron chi connectivity index (χ3n) is 4.42. The van der Waals surface area contributed by atoms with Gasteiger partial charge in [0.1, 0.15) is 0 Å². The number of hydrogen-bond acceptors (Lipinski definition) is 6. The van der Waals surface area contributed by atoms with Crippen molar-refractivity contribution in [3.8, 4) is 11.6 Å². The summed E-state index contributed by atoms with van der Waals surface area (Å²) < 4.78 is 24.5. The summed E-state index contributed by atoms with van der Waals surface area (Å²) in [6, 6.07) is 4.24. The van der Waals surface area contributed by atoms with Crippen molar-refractivity contribution in [2.45, 2.75) is 5.92 Å². The topological polar surface area (TPSA) is 50.7 Å². The summed E-state index contributed by atoms with van der Waals surface area (Å²) in [6.07, 6.45) is 3.23. The Balaban J connectivity index is 1.35. The highest BCUT2D eigenvalue weighted by Gasteiger charge is 2.33. The van der Waals surface area contributed by atoms with Crippen molar-refractivity contribution in [3.05, 3.63) is 47.1 Å². The van der Waals surface area contributed by atoms with E-state index >= 15 is 0 Å². The number of nitrogens with zero attached hydrogens (tertiary/aromatic N) is 4. The molecule has 1 aromatic carbocycles. The second-order valence-electron chi connectivity index (χ2n) is 6.09. The van der Waals surface area contributed by atoms with Crippen LogP contribution in [0, 0.1) is 5.82 Å². The van der Waals surface area contributed by atoms with Gasteiger partial charge in [0.05, 0.1) is 31.3 Å². The summed E-state index contributed by atoms with van der Waals surface area (Å²) in [6.45, 7) is 5.32. The van der Waals surface area contributed by atoms with Crippen LogP contribution >= 0.6 is 11.6 Å². The zero-order valence-electron chi connectivity index (χ0n) is 13.6. The quantitative estimate of drug-likeness (QED) is 0.831. The van der Waals surface area contributed by atoms with E-state index in [2.05, 4.69) is 20.0 Å². The third kappa shape index (κ3) is 3.74. The number of aromatic nitrogens is 2. The van der Waals surface area contributed by atoms with Crippen LogP contribution in [0.4, 0.5) is 4.39 Å². The second kappa shape index (κ2) is 7.21. The summed E-state index contributed by atoms with van der Waals surface area (Å²) in [5, 5.41) is 4.97. The highest BCUT2D eigenvalue weighted by Crippen LogP contribution is 2.29. The lowest BCUT2D eigenvalue weighted by atomic mass is 9.98. The van der Waals surface area contributed by atoms with Crippen molar-refractivity contribution >= 4 is 11.6 Å². The molecule has 0 radical (unpaired) electrons. The molecule has 0 unspecified atom stereocenters. The monoisotopic (exact) mass is 364 g/mol. The van der Waals surface area contributed by atoms with Crippen LogP contribution in [0.5, 0.6) is 11.6 Å². The van der Waals surface area contributed by atoms with Crippen molar-refractivity contribution in [1.29, 1.82) is 0 Å². The van der Waals surface area contributed by atoms with Crippen molar-refractivity contribution < 1.29 is 13.9 Å². The van der Waals surface area contributed by atoms with Crippen LogP contribution < -0.4 is 4.74 Å². The van der Waals surface area contributed by atoms with Crippen molar-refractivity contribution in [1.82, 2.24) is 20.0 Å². The molecular weight excluding hydrogens is 347 g/mol. The van der Waals surface area contributed by atoms with E-state index in [0.29, 0.717) is 10.9 Å². The van der Waals surface area contributed by atoms with Crippen LogP contribution in [0.3, 0.4) is 0 Å². The van der Waals surface area contributed by atoms with E-state index in [4.69, 9.17) is 21.1 Å².